The number of H-pyrrole nitrogens is 1. The third-order valence-corrected chi connectivity index (χ3v) is 2.70. The predicted molar refractivity (Wildman–Crippen MR) is 74.7 cm³/mol. The normalized spacial score (nSPS) is 10.1. The zero-order chi connectivity index (χ0) is 13.0. The third-order valence-electron chi connectivity index (χ3n) is 2.70. The van der Waals surface area contributed by atoms with Gasteiger partial charge < -0.3 is 10.3 Å². The van der Waals surface area contributed by atoms with E-state index in [4.69, 9.17) is 0 Å². The first-order valence-corrected chi connectivity index (χ1v) is 5.98. The number of hydrogen-bond acceptors (Lipinski definition) is 2. The van der Waals surface area contributed by atoms with Crippen molar-refractivity contribution in [2.75, 3.05) is 13.6 Å². The monoisotopic (exact) mass is 240 g/mol. The molecule has 18 heavy (non-hydrogen) atoms. The van der Waals surface area contributed by atoms with E-state index in [0.717, 1.165) is 29.7 Å². The number of aryl methyl sites for hydroxylation is 1. The Morgan fingerprint density at radius 3 is 2.94 bits per heavy atom. The maximum absolute atomic E-state index is 11.8. The first kappa shape index (κ1) is 12.4. The van der Waals surface area contributed by atoms with Crippen LogP contribution in [0.5, 0.6) is 0 Å². The number of nitrogens with one attached hydrogen (secondary N) is 2. The molecule has 3 nitrogen and oxygen atoms in total. The molecule has 2 aromatic rings. The molecule has 2 N–H and O–H groups in total. The summed E-state index contributed by atoms with van der Waals surface area (Å²) in [7, 11) is 1.90. The molecule has 0 spiro atoms. The molecule has 0 aliphatic rings. The van der Waals surface area contributed by atoms with E-state index in [9.17, 15) is 4.79 Å². The molecule has 0 saturated carbocycles. The summed E-state index contributed by atoms with van der Waals surface area (Å²) in [5, 5.41) is 3.74. The van der Waals surface area contributed by atoms with E-state index in [1.807, 2.05) is 32.2 Å². The molecule has 1 aromatic carbocycles. The number of aromatic amines is 1. The summed E-state index contributed by atoms with van der Waals surface area (Å²) in [4.78, 5) is 15.0. The Morgan fingerprint density at radius 1 is 1.33 bits per heavy atom. The van der Waals surface area contributed by atoms with Crippen LogP contribution in [-0.2, 0) is 0 Å². The minimum absolute atomic E-state index is 0.0418. The lowest BCUT2D eigenvalue weighted by atomic mass is 10.1. The van der Waals surface area contributed by atoms with Gasteiger partial charge in [0.25, 0.3) is 0 Å². The summed E-state index contributed by atoms with van der Waals surface area (Å²) in [6.07, 6.45) is 0.804. The van der Waals surface area contributed by atoms with E-state index in [2.05, 4.69) is 22.1 Å². The number of pyridine rings is 1. The van der Waals surface area contributed by atoms with Gasteiger partial charge in [-0.3, -0.25) is 4.79 Å². The fourth-order valence-corrected chi connectivity index (χ4v) is 1.81. The molecule has 0 atom stereocenters. The summed E-state index contributed by atoms with van der Waals surface area (Å²) in [5.41, 5.74) is 2.66. The van der Waals surface area contributed by atoms with Crippen molar-refractivity contribution in [3.8, 4) is 11.8 Å². The van der Waals surface area contributed by atoms with Crippen molar-refractivity contribution < 1.29 is 0 Å². The smallest absolute Gasteiger partial charge is 0.189 e. The molecule has 0 aliphatic heterocycles. The van der Waals surface area contributed by atoms with Gasteiger partial charge in [0, 0.05) is 41.2 Å². The second kappa shape index (κ2) is 5.52. The molecule has 1 heterocycles. The van der Waals surface area contributed by atoms with E-state index >= 15 is 0 Å². The minimum atomic E-state index is 0.0418. The van der Waals surface area contributed by atoms with Crippen LogP contribution in [0.1, 0.15) is 17.7 Å². The SMILES string of the molecule is CNCCC#Cc1ccc2[nH]c(C)cc(=O)c2c1. The minimum Gasteiger partial charge on any atom is -0.358 e. The lowest BCUT2D eigenvalue weighted by Gasteiger charge is -2.00. The molecule has 0 radical (unpaired) electrons. The molecule has 0 fully saturated rings. The Labute approximate surface area is 106 Å². The largest absolute Gasteiger partial charge is 0.358 e. The van der Waals surface area contributed by atoms with Crippen LogP contribution in [0.25, 0.3) is 10.9 Å². The van der Waals surface area contributed by atoms with Crippen molar-refractivity contribution in [1.82, 2.24) is 10.3 Å². The second-order valence-corrected chi connectivity index (χ2v) is 4.23. The van der Waals surface area contributed by atoms with Crippen molar-refractivity contribution in [2.24, 2.45) is 0 Å². The van der Waals surface area contributed by atoms with E-state index in [0.29, 0.717) is 5.39 Å². The predicted octanol–water partition coefficient (Wildman–Crippen LogP) is 1.80. The van der Waals surface area contributed by atoms with Crippen LogP contribution in [0, 0.1) is 18.8 Å². The number of benzene rings is 1. The van der Waals surface area contributed by atoms with Gasteiger partial charge >= 0.3 is 0 Å². The quantitative estimate of drug-likeness (QED) is 0.621. The molecule has 1 aromatic heterocycles. The van der Waals surface area contributed by atoms with E-state index in [-0.39, 0.29) is 5.43 Å². The maximum atomic E-state index is 11.8. The number of rotatable bonds is 2. The van der Waals surface area contributed by atoms with Gasteiger partial charge in [-0.1, -0.05) is 11.8 Å². The molecule has 2 rings (SSSR count). The lowest BCUT2D eigenvalue weighted by Crippen LogP contribution is -2.06. The van der Waals surface area contributed by atoms with E-state index in [1.54, 1.807) is 6.07 Å². The third kappa shape index (κ3) is 2.79. The topological polar surface area (TPSA) is 44.9 Å². The first-order chi connectivity index (χ1) is 8.70. The molecular weight excluding hydrogens is 224 g/mol. The highest BCUT2D eigenvalue weighted by Gasteiger charge is 2.00. The summed E-state index contributed by atoms with van der Waals surface area (Å²) < 4.78 is 0. The van der Waals surface area contributed by atoms with Crippen molar-refractivity contribution in [1.29, 1.82) is 0 Å². The van der Waals surface area contributed by atoms with Crippen molar-refractivity contribution in [2.45, 2.75) is 13.3 Å². The average molecular weight is 240 g/mol. The van der Waals surface area contributed by atoms with Gasteiger partial charge in [0.2, 0.25) is 0 Å². The summed E-state index contributed by atoms with van der Waals surface area (Å²) in [5.74, 6) is 6.14. The standard InChI is InChI=1S/C15H16N2O/c1-11-9-15(18)13-10-12(5-3-4-8-16-2)6-7-14(13)17-11/h6-7,9-10,16H,4,8H2,1-2H3,(H,17,18). The Balaban J connectivity index is 2.38. The summed E-state index contributed by atoms with van der Waals surface area (Å²) >= 11 is 0. The summed E-state index contributed by atoms with van der Waals surface area (Å²) in [6.45, 7) is 2.76. The van der Waals surface area contributed by atoms with Crippen LogP contribution >= 0.6 is 0 Å². The van der Waals surface area contributed by atoms with Gasteiger partial charge in [-0.2, -0.15) is 0 Å². The van der Waals surface area contributed by atoms with Gasteiger partial charge in [-0.25, -0.2) is 0 Å². The average Bonchev–Trinajstić information content (AvgIpc) is 2.35. The van der Waals surface area contributed by atoms with Gasteiger partial charge in [0.15, 0.2) is 5.43 Å². The highest BCUT2D eigenvalue weighted by molar-refractivity contribution is 5.80. The Kier molecular flexibility index (Phi) is 3.81. The zero-order valence-corrected chi connectivity index (χ0v) is 10.6. The van der Waals surface area contributed by atoms with Crippen molar-refractivity contribution in [3.05, 3.63) is 45.7 Å². The molecule has 0 saturated heterocycles. The Hall–Kier alpha value is -2.05. The second-order valence-electron chi connectivity index (χ2n) is 4.23. The van der Waals surface area contributed by atoms with Crippen LogP contribution in [-0.4, -0.2) is 18.6 Å². The summed E-state index contributed by atoms with van der Waals surface area (Å²) in [6, 6.07) is 7.30. The molecule has 0 aliphatic carbocycles. The highest BCUT2D eigenvalue weighted by Crippen LogP contribution is 2.10. The van der Waals surface area contributed by atoms with Gasteiger partial charge in [-0.05, 0) is 32.2 Å². The Bertz CT molecular complexity index is 674. The first-order valence-electron chi connectivity index (χ1n) is 5.98. The van der Waals surface area contributed by atoms with Gasteiger partial charge in [-0.15, -0.1) is 0 Å². The van der Waals surface area contributed by atoms with Gasteiger partial charge in [0.05, 0.1) is 0 Å². The van der Waals surface area contributed by atoms with Crippen LogP contribution in [0.4, 0.5) is 0 Å². The van der Waals surface area contributed by atoms with Crippen molar-refractivity contribution in [3.63, 3.8) is 0 Å². The van der Waals surface area contributed by atoms with E-state index in [1.165, 1.54) is 0 Å². The molecule has 3 heteroatoms. The maximum Gasteiger partial charge on any atom is 0.189 e. The lowest BCUT2D eigenvalue weighted by molar-refractivity contribution is 0.818. The molecule has 0 bridgehead atoms. The number of aromatic nitrogens is 1. The fourth-order valence-electron chi connectivity index (χ4n) is 1.81. The molecule has 0 unspecified atom stereocenters. The van der Waals surface area contributed by atoms with Crippen LogP contribution in [0.15, 0.2) is 29.1 Å². The number of fused-ring (bicyclic) bond motifs is 1. The van der Waals surface area contributed by atoms with Gasteiger partial charge in [0.1, 0.15) is 0 Å². The van der Waals surface area contributed by atoms with Crippen molar-refractivity contribution >= 4 is 10.9 Å². The van der Waals surface area contributed by atoms with Crippen LogP contribution < -0.4 is 10.7 Å². The molecule has 0 amide bonds. The Morgan fingerprint density at radius 2 is 2.17 bits per heavy atom. The van der Waals surface area contributed by atoms with Crippen LogP contribution in [0.2, 0.25) is 0 Å². The molecule has 92 valence electrons. The van der Waals surface area contributed by atoms with E-state index < -0.39 is 0 Å². The van der Waals surface area contributed by atoms with Crippen LogP contribution in [0.3, 0.4) is 0 Å². The fraction of sp³-hybridized carbons (Fsp3) is 0.267. The zero-order valence-electron chi connectivity index (χ0n) is 10.6. The molecular formula is C15H16N2O. The number of hydrogen-bond donors (Lipinski definition) is 2. The highest BCUT2D eigenvalue weighted by atomic mass is 16.1.